The SMILES string of the molecule is CCc1nc(CCOCCOC)nc2c1CCNC2. The number of hydrogen-bond donors (Lipinski definition) is 1. The lowest BCUT2D eigenvalue weighted by molar-refractivity contribution is 0.0716. The van der Waals surface area contributed by atoms with E-state index in [-0.39, 0.29) is 0 Å². The van der Waals surface area contributed by atoms with Crippen LogP contribution in [0.2, 0.25) is 0 Å². The summed E-state index contributed by atoms with van der Waals surface area (Å²) in [5.41, 5.74) is 3.73. The topological polar surface area (TPSA) is 56.3 Å². The molecule has 0 unspecified atom stereocenters. The molecule has 5 nitrogen and oxygen atoms in total. The van der Waals surface area contributed by atoms with E-state index in [9.17, 15) is 0 Å². The fourth-order valence-electron chi connectivity index (χ4n) is 2.31. The third kappa shape index (κ3) is 3.96. The Labute approximate surface area is 114 Å². The monoisotopic (exact) mass is 265 g/mol. The van der Waals surface area contributed by atoms with Crippen LogP contribution in [0.5, 0.6) is 0 Å². The van der Waals surface area contributed by atoms with Crippen LogP contribution in [0.25, 0.3) is 0 Å². The number of ether oxygens (including phenoxy) is 2. The van der Waals surface area contributed by atoms with Crippen molar-refractivity contribution in [1.82, 2.24) is 15.3 Å². The van der Waals surface area contributed by atoms with Crippen molar-refractivity contribution >= 4 is 0 Å². The van der Waals surface area contributed by atoms with E-state index < -0.39 is 0 Å². The lowest BCUT2D eigenvalue weighted by Crippen LogP contribution is -2.27. The van der Waals surface area contributed by atoms with Crippen molar-refractivity contribution in [1.29, 1.82) is 0 Å². The first-order chi connectivity index (χ1) is 9.35. The van der Waals surface area contributed by atoms with E-state index in [1.807, 2.05) is 0 Å². The molecule has 0 bridgehead atoms. The summed E-state index contributed by atoms with van der Waals surface area (Å²) in [6.45, 7) is 5.96. The van der Waals surface area contributed by atoms with Crippen LogP contribution in [0.15, 0.2) is 0 Å². The van der Waals surface area contributed by atoms with Gasteiger partial charge in [0.25, 0.3) is 0 Å². The molecule has 19 heavy (non-hydrogen) atoms. The predicted molar refractivity (Wildman–Crippen MR) is 73.2 cm³/mol. The average molecular weight is 265 g/mol. The maximum Gasteiger partial charge on any atom is 0.131 e. The fourth-order valence-corrected chi connectivity index (χ4v) is 2.31. The van der Waals surface area contributed by atoms with Crippen molar-refractivity contribution in [3.63, 3.8) is 0 Å². The molecule has 0 fully saturated rings. The molecule has 0 atom stereocenters. The summed E-state index contributed by atoms with van der Waals surface area (Å²) in [6, 6.07) is 0. The van der Waals surface area contributed by atoms with Gasteiger partial charge in [-0.25, -0.2) is 9.97 Å². The largest absolute Gasteiger partial charge is 0.382 e. The Bertz CT molecular complexity index is 393. The molecule has 2 heterocycles. The zero-order valence-corrected chi connectivity index (χ0v) is 11.9. The van der Waals surface area contributed by atoms with Crippen molar-refractivity contribution in [3.8, 4) is 0 Å². The molecule has 0 saturated heterocycles. The van der Waals surface area contributed by atoms with Gasteiger partial charge < -0.3 is 14.8 Å². The fraction of sp³-hybridized carbons (Fsp3) is 0.714. The molecule has 1 aromatic heterocycles. The minimum atomic E-state index is 0.629. The molecule has 0 spiro atoms. The second kappa shape index (κ2) is 7.53. The van der Waals surface area contributed by atoms with Crippen molar-refractivity contribution in [2.45, 2.75) is 32.7 Å². The zero-order valence-electron chi connectivity index (χ0n) is 11.9. The highest BCUT2D eigenvalue weighted by Crippen LogP contribution is 2.16. The van der Waals surface area contributed by atoms with Crippen LogP contribution in [0.1, 0.15) is 29.7 Å². The molecule has 1 N–H and O–H groups in total. The molecule has 0 aromatic carbocycles. The second-order valence-corrected chi connectivity index (χ2v) is 4.65. The van der Waals surface area contributed by atoms with Crippen LogP contribution in [0.3, 0.4) is 0 Å². The van der Waals surface area contributed by atoms with Crippen LogP contribution in [-0.2, 0) is 35.3 Å². The zero-order chi connectivity index (χ0) is 13.5. The minimum Gasteiger partial charge on any atom is -0.382 e. The van der Waals surface area contributed by atoms with Crippen molar-refractivity contribution in [2.24, 2.45) is 0 Å². The molecular weight excluding hydrogens is 242 g/mol. The highest BCUT2D eigenvalue weighted by molar-refractivity contribution is 5.28. The highest BCUT2D eigenvalue weighted by atomic mass is 16.5. The molecule has 0 amide bonds. The predicted octanol–water partition coefficient (Wildman–Crippen LogP) is 0.890. The van der Waals surface area contributed by atoms with E-state index in [2.05, 4.69) is 22.2 Å². The molecule has 1 aliphatic heterocycles. The van der Waals surface area contributed by atoms with Gasteiger partial charge in [0.15, 0.2) is 0 Å². The summed E-state index contributed by atoms with van der Waals surface area (Å²) in [7, 11) is 1.68. The quantitative estimate of drug-likeness (QED) is 0.742. The highest BCUT2D eigenvalue weighted by Gasteiger charge is 2.16. The Morgan fingerprint density at radius 2 is 2.11 bits per heavy atom. The van der Waals surface area contributed by atoms with Gasteiger partial charge in [0, 0.05) is 25.8 Å². The summed E-state index contributed by atoms with van der Waals surface area (Å²) in [5, 5.41) is 3.37. The number of nitrogens with zero attached hydrogens (tertiary/aromatic N) is 2. The Balaban J connectivity index is 1.97. The maximum atomic E-state index is 5.47. The van der Waals surface area contributed by atoms with Crippen molar-refractivity contribution in [2.75, 3.05) is 33.5 Å². The van der Waals surface area contributed by atoms with Gasteiger partial charge in [0.05, 0.1) is 25.5 Å². The summed E-state index contributed by atoms with van der Waals surface area (Å²) >= 11 is 0. The Hall–Kier alpha value is -1.04. The average Bonchev–Trinajstić information content (AvgIpc) is 2.46. The third-order valence-electron chi connectivity index (χ3n) is 3.31. The summed E-state index contributed by atoms with van der Waals surface area (Å²) in [4.78, 5) is 9.33. The number of aryl methyl sites for hydroxylation is 1. The van der Waals surface area contributed by atoms with Gasteiger partial charge in [-0.15, -0.1) is 0 Å². The minimum absolute atomic E-state index is 0.629. The normalized spacial score (nSPS) is 14.4. The van der Waals surface area contributed by atoms with Gasteiger partial charge >= 0.3 is 0 Å². The molecular formula is C14H23N3O2. The molecule has 0 radical (unpaired) electrons. The van der Waals surface area contributed by atoms with Gasteiger partial charge in [-0.1, -0.05) is 6.92 Å². The van der Waals surface area contributed by atoms with E-state index in [0.717, 1.165) is 38.2 Å². The van der Waals surface area contributed by atoms with Crippen LogP contribution in [0.4, 0.5) is 0 Å². The Kier molecular flexibility index (Phi) is 5.69. The number of hydrogen-bond acceptors (Lipinski definition) is 5. The number of methoxy groups -OCH3 is 1. The van der Waals surface area contributed by atoms with Crippen LogP contribution in [0, 0.1) is 0 Å². The van der Waals surface area contributed by atoms with Crippen molar-refractivity contribution in [3.05, 3.63) is 22.8 Å². The standard InChI is InChI=1S/C14H23N3O2/c1-3-12-11-4-6-15-10-13(11)17-14(16-12)5-7-19-9-8-18-2/h15H,3-10H2,1-2H3. The summed E-state index contributed by atoms with van der Waals surface area (Å²) in [6.07, 6.45) is 2.79. The molecule has 106 valence electrons. The third-order valence-corrected chi connectivity index (χ3v) is 3.31. The molecule has 0 saturated carbocycles. The first-order valence-corrected chi connectivity index (χ1v) is 7.00. The number of aromatic nitrogens is 2. The Morgan fingerprint density at radius 3 is 2.89 bits per heavy atom. The summed E-state index contributed by atoms with van der Waals surface area (Å²) < 4.78 is 10.4. The number of nitrogens with one attached hydrogen (secondary N) is 1. The van der Waals surface area contributed by atoms with E-state index in [1.165, 1.54) is 17.0 Å². The van der Waals surface area contributed by atoms with Crippen molar-refractivity contribution < 1.29 is 9.47 Å². The van der Waals surface area contributed by atoms with E-state index in [0.29, 0.717) is 19.8 Å². The van der Waals surface area contributed by atoms with Gasteiger partial charge in [0.1, 0.15) is 5.82 Å². The van der Waals surface area contributed by atoms with Crippen LogP contribution in [-0.4, -0.2) is 43.4 Å². The van der Waals surface area contributed by atoms with Crippen LogP contribution < -0.4 is 5.32 Å². The maximum absolute atomic E-state index is 5.47. The van der Waals surface area contributed by atoms with Gasteiger partial charge in [-0.3, -0.25) is 0 Å². The lowest BCUT2D eigenvalue weighted by atomic mass is 10.0. The summed E-state index contributed by atoms with van der Waals surface area (Å²) in [5.74, 6) is 0.900. The molecule has 1 aliphatic rings. The molecule has 0 aliphatic carbocycles. The van der Waals surface area contributed by atoms with Gasteiger partial charge in [-0.05, 0) is 24.9 Å². The smallest absolute Gasteiger partial charge is 0.131 e. The second-order valence-electron chi connectivity index (χ2n) is 4.65. The molecule has 5 heteroatoms. The first kappa shape index (κ1) is 14.4. The van der Waals surface area contributed by atoms with E-state index in [4.69, 9.17) is 9.47 Å². The van der Waals surface area contributed by atoms with Gasteiger partial charge in [0.2, 0.25) is 0 Å². The Morgan fingerprint density at radius 1 is 1.21 bits per heavy atom. The lowest BCUT2D eigenvalue weighted by Gasteiger charge is -2.19. The first-order valence-electron chi connectivity index (χ1n) is 7.00. The van der Waals surface area contributed by atoms with E-state index >= 15 is 0 Å². The molecule has 2 rings (SSSR count). The van der Waals surface area contributed by atoms with Crippen LogP contribution >= 0.6 is 0 Å². The van der Waals surface area contributed by atoms with E-state index in [1.54, 1.807) is 7.11 Å². The number of rotatable bonds is 7. The van der Waals surface area contributed by atoms with Gasteiger partial charge in [-0.2, -0.15) is 0 Å². The molecule has 1 aromatic rings. The number of fused-ring (bicyclic) bond motifs is 1.